The van der Waals surface area contributed by atoms with E-state index in [9.17, 15) is 4.79 Å². The smallest absolute Gasteiger partial charge is 0.226 e. The Morgan fingerprint density at radius 1 is 1.04 bits per heavy atom. The zero-order chi connectivity index (χ0) is 16.5. The number of amides is 1. The lowest BCUT2D eigenvalue weighted by Crippen LogP contribution is -2.33. The Labute approximate surface area is 138 Å². The highest BCUT2D eigenvalue weighted by Crippen LogP contribution is 2.13. The number of carbonyl (C=O) groups excluding carboxylic acids is 1. The molecule has 1 aromatic carbocycles. The number of rotatable bonds is 8. The molecule has 0 saturated carbocycles. The van der Waals surface area contributed by atoms with Crippen LogP contribution in [0.3, 0.4) is 0 Å². The predicted octanol–water partition coefficient (Wildman–Crippen LogP) is 3.11. The fourth-order valence-electron chi connectivity index (χ4n) is 2.43. The second-order valence-corrected chi connectivity index (χ2v) is 5.33. The molecule has 1 heterocycles. The van der Waals surface area contributed by atoms with E-state index in [0.717, 1.165) is 30.8 Å². The molecule has 1 aromatic heterocycles. The average Bonchev–Trinajstić information content (AvgIpc) is 2.58. The lowest BCUT2D eigenvalue weighted by atomic mass is 10.1. The van der Waals surface area contributed by atoms with Crippen molar-refractivity contribution in [3.05, 3.63) is 59.9 Å². The number of pyridine rings is 1. The van der Waals surface area contributed by atoms with Crippen molar-refractivity contribution in [2.75, 3.05) is 19.7 Å². The number of benzene rings is 1. The van der Waals surface area contributed by atoms with Gasteiger partial charge in [0.15, 0.2) is 0 Å². The van der Waals surface area contributed by atoms with Crippen LogP contribution in [0.5, 0.6) is 5.75 Å². The monoisotopic (exact) mass is 312 g/mol. The van der Waals surface area contributed by atoms with Crippen LogP contribution in [0.2, 0.25) is 0 Å². The van der Waals surface area contributed by atoms with Crippen molar-refractivity contribution in [3.8, 4) is 5.75 Å². The molecule has 0 N–H and O–H groups in total. The van der Waals surface area contributed by atoms with Crippen LogP contribution in [0.1, 0.15) is 25.0 Å². The van der Waals surface area contributed by atoms with E-state index in [1.165, 1.54) is 5.56 Å². The van der Waals surface area contributed by atoms with Crippen molar-refractivity contribution >= 4 is 5.91 Å². The van der Waals surface area contributed by atoms with E-state index in [1.807, 2.05) is 55.1 Å². The first kappa shape index (κ1) is 17.0. The van der Waals surface area contributed by atoms with Crippen molar-refractivity contribution in [1.29, 1.82) is 0 Å². The van der Waals surface area contributed by atoms with E-state index in [-0.39, 0.29) is 5.91 Å². The van der Waals surface area contributed by atoms with Gasteiger partial charge in [-0.05, 0) is 55.7 Å². The molecule has 2 aromatic rings. The molecule has 122 valence electrons. The van der Waals surface area contributed by atoms with Crippen molar-refractivity contribution in [2.24, 2.45) is 0 Å². The molecule has 1 amide bonds. The van der Waals surface area contributed by atoms with Crippen molar-refractivity contribution in [2.45, 2.75) is 26.7 Å². The van der Waals surface area contributed by atoms with Crippen molar-refractivity contribution in [1.82, 2.24) is 9.88 Å². The van der Waals surface area contributed by atoms with Gasteiger partial charge in [0.1, 0.15) is 5.75 Å². The van der Waals surface area contributed by atoms with Crippen LogP contribution in [-0.2, 0) is 17.6 Å². The molecule has 4 heteroatoms. The second-order valence-electron chi connectivity index (χ2n) is 5.33. The molecule has 0 aliphatic carbocycles. The summed E-state index contributed by atoms with van der Waals surface area (Å²) < 4.78 is 5.42. The Bertz CT molecular complexity index is 597. The molecule has 23 heavy (non-hydrogen) atoms. The van der Waals surface area contributed by atoms with E-state index in [2.05, 4.69) is 4.98 Å². The summed E-state index contributed by atoms with van der Waals surface area (Å²) in [7, 11) is 0. The molecule has 0 aliphatic heterocycles. The van der Waals surface area contributed by atoms with Gasteiger partial charge in [-0.1, -0.05) is 12.1 Å². The number of aromatic nitrogens is 1. The van der Waals surface area contributed by atoms with Crippen LogP contribution >= 0.6 is 0 Å². The van der Waals surface area contributed by atoms with Crippen LogP contribution in [0.25, 0.3) is 0 Å². The molecule has 0 aliphatic rings. The maximum atomic E-state index is 12.5. The number of ether oxygens (including phenoxy) is 1. The molecule has 0 spiro atoms. The normalized spacial score (nSPS) is 10.3. The van der Waals surface area contributed by atoms with Crippen LogP contribution in [0.15, 0.2) is 48.8 Å². The zero-order valence-corrected chi connectivity index (χ0v) is 13.9. The van der Waals surface area contributed by atoms with Crippen molar-refractivity contribution < 1.29 is 9.53 Å². The van der Waals surface area contributed by atoms with Gasteiger partial charge in [0, 0.05) is 25.5 Å². The van der Waals surface area contributed by atoms with Gasteiger partial charge < -0.3 is 9.64 Å². The van der Waals surface area contributed by atoms with Gasteiger partial charge in [-0.25, -0.2) is 0 Å². The lowest BCUT2D eigenvalue weighted by molar-refractivity contribution is -0.130. The Hall–Kier alpha value is -2.36. The average molecular weight is 312 g/mol. The zero-order valence-electron chi connectivity index (χ0n) is 13.9. The number of carbonyl (C=O) groups is 1. The Morgan fingerprint density at radius 3 is 2.35 bits per heavy atom. The topological polar surface area (TPSA) is 42.4 Å². The van der Waals surface area contributed by atoms with Crippen molar-refractivity contribution in [3.63, 3.8) is 0 Å². The van der Waals surface area contributed by atoms with Gasteiger partial charge in [-0.3, -0.25) is 9.78 Å². The minimum Gasteiger partial charge on any atom is -0.494 e. The number of hydrogen-bond acceptors (Lipinski definition) is 3. The van der Waals surface area contributed by atoms with Gasteiger partial charge in [0.2, 0.25) is 5.91 Å². The molecule has 0 saturated heterocycles. The highest BCUT2D eigenvalue weighted by atomic mass is 16.5. The summed E-state index contributed by atoms with van der Waals surface area (Å²) in [5.41, 5.74) is 2.22. The fourth-order valence-corrected chi connectivity index (χ4v) is 2.43. The van der Waals surface area contributed by atoms with Gasteiger partial charge >= 0.3 is 0 Å². The van der Waals surface area contributed by atoms with Gasteiger partial charge in [-0.2, -0.15) is 0 Å². The molecule has 0 fully saturated rings. The Kier molecular flexibility index (Phi) is 6.60. The lowest BCUT2D eigenvalue weighted by Gasteiger charge is -2.21. The van der Waals surface area contributed by atoms with Gasteiger partial charge in [-0.15, -0.1) is 0 Å². The first-order valence-corrected chi connectivity index (χ1v) is 8.11. The minimum atomic E-state index is 0.158. The fraction of sp³-hybridized carbons (Fsp3) is 0.368. The third-order valence-electron chi connectivity index (χ3n) is 3.74. The summed E-state index contributed by atoms with van der Waals surface area (Å²) in [5.74, 6) is 0.999. The summed E-state index contributed by atoms with van der Waals surface area (Å²) in [6, 6.07) is 11.7. The molecule has 0 bridgehead atoms. The maximum absolute atomic E-state index is 12.5. The van der Waals surface area contributed by atoms with Crippen LogP contribution in [0.4, 0.5) is 0 Å². The maximum Gasteiger partial charge on any atom is 0.226 e. The van der Waals surface area contributed by atoms with Gasteiger partial charge in [0.25, 0.3) is 0 Å². The van der Waals surface area contributed by atoms with E-state index in [1.54, 1.807) is 12.4 Å². The van der Waals surface area contributed by atoms with E-state index in [0.29, 0.717) is 13.0 Å². The number of nitrogens with zero attached hydrogens (tertiary/aromatic N) is 2. The van der Waals surface area contributed by atoms with Crippen LogP contribution in [0, 0.1) is 0 Å². The standard InChI is InChI=1S/C19H24N2O2/c1-3-21(14-11-16-9-12-20-13-10-16)19(22)15-17-5-7-18(8-6-17)23-4-2/h5-10,12-13H,3-4,11,14-15H2,1-2H3. The number of likely N-dealkylation sites (N-methyl/N-ethyl adjacent to an activating group) is 1. The molecular formula is C19H24N2O2. The third kappa shape index (κ3) is 5.40. The summed E-state index contributed by atoms with van der Waals surface area (Å²) >= 11 is 0. The Morgan fingerprint density at radius 2 is 1.74 bits per heavy atom. The minimum absolute atomic E-state index is 0.158. The first-order chi connectivity index (χ1) is 11.2. The third-order valence-corrected chi connectivity index (χ3v) is 3.74. The molecule has 2 rings (SSSR count). The molecule has 0 radical (unpaired) electrons. The van der Waals surface area contributed by atoms with Crippen LogP contribution < -0.4 is 4.74 Å². The number of hydrogen-bond donors (Lipinski definition) is 0. The highest BCUT2D eigenvalue weighted by molar-refractivity contribution is 5.78. The molecule has 0 atom stereocenters. The van der Waals surface area contributed by atoms with E-state index < -0.39 is 0 Å². The van der Waals surface area contributed by atoms with E-state index >= 15 is 0 Å². The molecular weight excluding hydrogens is 288 g/mol. The largest absolute Gasteiger partial charge is 0.494 e. The second kappa shape index (κ2) is 8.93. The SMILES string of the molecule is CCOc1ccc(CC(=O)N(CC)CCc2ccncc2)cc1. The summed E-state index contributed by atoms with van der Waals surface area (Å²) in [6.07, 6.45) is 4.85. The quantitative estimate of drug-likeness (QED) is 0.752. The van der Waals surface area contributed by atoms with E-state index in [4.69, 9.17) is 4.74 Å². The highest BCUT2D eigenvalue weighted by Gasteiger charge is 2.12. The molecule has 0 unspecified atom stereocenters. The first-order valence-electron chi connectivity index (χ1n) is 8.11. The van der Waals surface area contributed by atoms with Crippen LogP contribution in [-0.4, -0.2) is 35.5 Å². The molecule has 4 nitrogen and oxygen atoms in total. The Balaban J connectivity index is 1.89. The summed E-state index contributed by atoms with van der Waals surface area (Å²) in [6.45, 7) is 6.08. The summed E-state index contributed by atoms with van der Waals surface area (Å²) in [5, 5.41) is 0. The van der Waals surface area contributed by atoms with Gasteiger partial charge in [0.05, 0.1) is 13.0 Å². The summed E-state index contributed by atoms with van der Waals surface area (Å²) in [4.78, 5) is 18.4. The predicted molar refractivity (Wildman–Crippen MR) is 91.5 cm³/mol.